The summed E-state index contributed by atoms with van der Waals surface area (Å²) in [4.78, 5) is 4.08. The first-order chi connectivity index (χ1) is 10.7. The van der Waals surface area contributed by atoms with Gasteiger partial charge in [0.25, 0.3) is 0 Å². The fraction of sp³-hybridized carbons (Fsp3) is 0.150. The Balaban J connectivity index is 1.79. The minimum absolute atomic E-state index is 0.845. The van der Waals surface area contributed by atoms with Gasteiger partial charge in [-0.3, -0.25) is 0 Å². The zero-order valence-corrected chi connectivity index (χ0v) is 12.9. The molecule has 0 aliphatic rings. The first-order valence-corrected chi connectivity index (χ1v) is 7.35. The van der Waals surface area contributed by atoms with Crippen LogP contribution in [0.2, 0.25) is 0 Å². The lowest BCUT2D eigenvalue weighted by Gasteiger charge is -2.07. The van der Waals surface area contributed by atoms with Crippen molar-refractivity contribution in [3.8, 4) is 11.8 Å². The molecule has 2 nitrogen and oxygen atoms in total. The van der Waals surface area contributed by atoms with Gasteiger partial charge in [0.1, 0.15) is 0 Å². The molecule has 0 N–H and O–H groups in total. The highest BCUT2D eigenvalue weighted by atomic mass is 15.0. The van der Waals surface area contributed by atoms with E-state index in [1.165, 1.54) is 16.7 Å². The van der Waals surface area contributed by atoms with Crippen molar-refractivity contribution in [2.24, 2.45) is 0 Å². The minimum Gasteiger partial charge on any atom is -0.333 e. The second kappa shape index (κ2) is 6.32. The van der Waals surface area contributed by atoms with Crippen molar-refractivity contribution in [2.45, 2.75) is 20.4 Å². The highest BCUT2D eigenvalue weighted by molar-refractivity contribution is 5.45. The SMILES string of the molecule is Cc1ccc(C#Cc2ccc(Cn3ccnc3)c(C)c2)cc1. The average Bonchev–Trinajstić information content (AvgIpc) is 3.02. The van der Waals surface area contributed by atoms with Crippen LogP contribution in [0.1, 0.15) is 27.8 Å². The normalized spacial score (nSPS) is 10.1. The Labute approximate surface area is 131 Å². The van der Waals surface area contributed by atoms with Crippen LogP contribution in [-0.2, 0) is 6.54 Å². The van der Waals surface area contributed by atoms with E-state index in [0.29, 0.717) is 0 Å². The molecule has 0 spiro atoms. The van der Waals surface area contributed by atoms with Gasteiger partial charge in [0, 0.05) is 30.1 Å². The van der Waals surface area contributed by atoms with Gasteiger partial charge in [-0.05, 0) is 49.2 Å². The lowest BCUT2D eigenvalue weighted by Crippen LogP contribution is -1.99. The van der Waals surface area contributed by atoms with E-state index >= 15 is 0 Å². The van der Waals surface area contributed by atoms with Crippen LogP contribution in [0.15, 0.2) is 61.2 Å². The molecular weight excluding hydrogens is 268 g/mol. The monoisotopic (exact) mass is 286 g/mol. The highest BCUT2D eigenvalue weighted by Gasteiger charge is 2.00. The van der Waals surface area contributed by atoms with E-state index in [0.717, 1.165) is 17.7 Å². The van der Waals surface area contributed by atoms with Crippen molar-refractivity contribution in [1.29, 1.82) is 0 Å². The minimum atomic E-state index is 0.845. The maximum Gasteiger partial charge on any atom is 0.0949 e. The third-order valence-corrected chi connectivity index (χ3v) is 3.66. The summed E-state index contributed by atoms with van der Waals surface area (Å²) in [6, 6.07) is 14.7. The van der Waals surface area contributed by atoms with Gasteiger partial charge < -0.3 is 4.57 Å². The summed E-state index contributed by atoms with van der Waals surface area (Å²) in [6.07, 6.45) is 5.62. The third-order valence-electron chi connectivity index (χ3n) is 3.66. The van der Waals surface area contributed by atoms with E-state index in [9.17, 15) is 0 Å². The molecule has 0 amide bonds. The van der Waals surface area contributed by atoms with E-state index in [1.54, 1.807) is 6.20 Å². The van der Waals surface area contributed by atoms with Crippen molar-refractivity contribution in [3.63, 3.8) is 0 Å². The smallest absolute Gasteiger partial charge is 0.0949 e. The zero-order valence-electron chi connectivity index (χ0n) is 12.9. The van der Waals surface area contributed by atoms with E-state index in [-0.39, 0.29) is 0 Å². The predicted molar refractivity (Wildman–Crippen MR) is 89.7 cm³/mol. The van der Waals surface area contributed by atoms with Gasteiger partial charge in [-0.2, -0.15) is 0 Å². The molecule has 3 rings (SSSR count). The Bertz CT molecular complexity index is 816. The van der Waals surface area contributed by atoms with Crippen molar-refractivity contribution < 1.29 is 0 Å². The Morgan fingerprint density at radius 3 is 2.36 bits per heavy atom. The van der Waals surface area contributed by atoms with Crippen LogP contribution < -0.4 is 0 Å². The predicted octanol–water partition coefficient (Wildman–Crippen LogP) is 3.95. The molecule has 108 valence electrons. The number of nitrogens with zero attached hydrogens (tertiary/aromatic N) is 2. The number of hydrogen-bond acceptors (Lipinski definition) is 1. The van der Waals surface area contributed by atoms with Crippen LogP contribution in [0, 0.1) is 25.7 Å². The molecule has 0 saturated heterocycles. The van der Waals surface area contributed by atoms with Crippen LogP contribution in [0.3, 0.4) is 0 Å². The van der Waals surface area contributed by atoms with Gasteiger partial charge in [0.2, 0.25) is 0 Å². The summed E-state index contributed by atoms with van der Waals surface area (Å²) in [5.41, 5.74) is 5.90. The summed E-state index contributed by atoms with van der Waals surface area (Å²) >= 11 is 0. The van der Waals surface area contributed by atoms with Crippen molar-refractivity contribution >= 4 is 0 Å². The molecule has 1 aromatic heterocycles. The summed E-state index contributed by atoms with van der Waals surface area (Å²) in [6.45, 7) is 5.06. The molecule has 0 aliphatic carbocycles. The Kier molecular flexibility index (Phi) is 4.07. The molecule has 2 aromatic carbocycles. The first-order valence-electron chi connectivity index (χ1n) is 7.35. The molecule has 0 atom stereocenters. The molecule has 22 heavy (non-hydrogen) atoms. The topological polar surface area (TPSA) is 17.8 Å². The Morgan fingerprint density at radius 2 is 1.68 bits per heavy atom. The summed E-state index contributed by atoms with van der Waals surface area (Å²) < 4.78 is 2.07. The fourth-order valence-corrected chi connectivity index (χ4v) is 2.31. The molecule has 2 heteroatoms. The molecule has 0 aliphatic heterocycles. The first kappa shape index (κ1) is 14.2. The number of rotatable bonds is 2. The van der Waals surface area contributed by atoms with Crippen LogP contribution >= 0.6 is 0 Å². The van der Waals surface area contributed by atoms with Crippen molar-refractivity contribution in [3.05, 3.63) is 89.0 Å². The van der Waals surface area contributed by atoms with Crippen LogP contribution in [0.25, 0.3) is 0 Å². The summed E-state index contributed by atoms with van der Waals surface area (Å²) in [5.74, 6) is 6.45. The number of aromatic nitrogens is 2. The summed E-state index contributed by atoms with van der Waals surface area (Å²) in [7, 11) is 0. The number of imidazole rings is 1. The Hall–Kier alpha value is -2.79. The van der Waals surface area contributed by atoms with Gasteiger partial charge in [-0.1, -0.05) is 35.6 Å². The van der Waals surface area contributed by atoms with Crippen molar-refractivity contribution in [1.82, 2.24) is 9.55 Å². The third kappa shape index (κ3) is 3.45. The molecular formula is C20H18N2. The van der Waals surface area contributed by atoms with Gasteiger partial charge in [-0.15, -0.1) is 0 Å². The van der Waals surface area contributed by atoms with Gasteiger partial charge in [0.05, 0.1) is 6.33 Å². The molecule has 0 saturated carbocycles. The van der Waals surface area contributed by atoms with Crippen LogP contribution in [-0.4, -0.2) is 9.55 Å². The average molecular weight is 286 g/mol. The number of hydrogen-bond donors (Lipinski definition) is 0. The molecule has 0 radical (unpaired) electrons. The lowest BCUT2D eigenvalue weighted by molar-refractivity contribution is 0.792. The van der Waals surface area contributed by atoms with E-state index in [1.807, 2.05) is 12.5 Å². The second-order valence-electron chi connectivity index (χ2n) is 5.49. The molecule has 1 heterocycles. The van der Waals surface area contributed by atoms with Crippen LogP contribution in [0.5, 0.6) is 0 Å². The summed E-state index contributed by atoms with van der Waals surface area (Å²) in [5, 5.41) is 0. The standard InChI is InChI=1S/C20H18N2/c1-16-3-5-18(6-4-16)7-8-19-9-10-20(17(2)13-19)14-22-12-11-21-15-22/h3-6,9-13,15H,14H2,1-2H3. The maximum absolute atomic E-state index is 4.08. The molecule has 0 unspecified atom stereocenters. The van der Waals surface area contributed by atoms with Gasteiger partial charge >= 0.3 is 0 Å². The number of benzene rings is 2. The molecule has 0 bridgehead atoms. The van der Waals surface area contributed by atoms with E-state index < -0.39 is 0 Å². The molecule has 3 aromatic rings. The van der Waals surface area contributed by atoms with E-state index in [2.05, 4.69) is 77.7 Å². The van der Waals surface area contributed by atoms with Crippen LogP contribution in [0.4, 0.5) is 0 Å². The van der Waals surface area contributed by atoms with Gasteiger partial charge in [0.15, 0.2) is 0 Å². The quantitative estimate of drug-likeness (QED) is 0.652. The van der Waals surface area contributed by atoms with Crippen molar-refractivity contribution in [2.75, 3.05) is 0 Å². The Morgan fingerprint density at radius 1 is 0.955 bits per heavy atom. The second-order valence-corrected chi connectivity index (χ2v) is 5.49. The number of aryl methyl sites for hydroxylation is 2. The maximum atomic E-state index is 4.08. The highest BCUT2D eigenvalue weighted by Crippen LogP contribution is 2.12. The lowest BCUT2D eigenvalue weighted by atomic mass is 10.0. The largest absolute Gasteiger partial charge is 0.333 e. The van der Waals surface area contributed by atoms with E-state index in [4.69, 9.17) is 0 Å². The zero-order chi connectivity index (χ0) is 15.4. The van der Waals surface area contributed by atoms with Gasteiger partial charge in [-0.25, -0.2) is 4.98 Å². The fourth-order valence-electron chi connectivity index (χ4n) is 2.31. The molecule has 0 fully saturated rings.